The highest BCUT2D eigenvalue weighted by molar-refractivity contribution is 7.10. The predicted octanol–water partition coefficient (Wildman–Crippen LogP) is 4.16. The molecule has 0 saturated heterocycles. The number of carboxylic acid groups (broad SMARTS) is 1. The third-order valence-electron chi connectivity index (χ3n) is 3.32. The molecule has 1 heterocycles. The van der Waals surface area contributed by atoms with Crippen LogP contribution < -0.4 is 4.74 Å². The van der Waals surface area contributed by atoms with Crippen LogP contribution >= 0.6 is 11.3 Å². The van der Waals surface area contributed by atoms with Gasteiger partial charge in [0, 0.05) is 10.9 Å². The maximum absolute atomic E-state index is 14.2. The van der Waals surface area contributed by atoms with E-state index in [1.54, 1.807) is 17.5 Å². The zero-order valence-electron chi connectivity index (χ0n) is 12.6. The van der Waals surface area contributed by atoms with Crippen molar-refractivity contribution in [1.82, 2.24) is 4.98 Å². The molecule has 0 unspecified atom stereocenters. The molecule has 2 aromatic carbocycles. The van der Waals surface area contributed by atoms with Crippen LogP contribution in [0.1, 0.15) is 10.6 Å². The number of aliphatic carboxylic acids is 1. The Morgan fingerprint density at radius 3 is 2.71 bits per heavy atom. The van der Waals surface area contributed by atoms with Crippen molar-refractivity contribution in [1.29, 1.82) is 0 Å². The number of carboxylic acids is 1. The highest BCUT2D eigenvalue weighted by atomic mass is 32.1. The standard InChI is InChI=1S/C18H14FNO3S/c19-14-8-13(15-11-24-17(20-15)9-18(21)22)6-7-16(14)23-10-12-4-2-1-3-5-12/h1-8,11H,9-10H2,(H,21,22). The van der Waals surface area contributed by atoms with E-state index in [9.17, 15) is 9.18 Å². The molecule has 0 aliphatic carbocycles. The Bertz CT molecular complexity index is 848. The monoisotopic (exact) mass is 343 g/mol. The van der Waals surface area contributed by atoms with Crippen molar-refractivity contribution in [2.24, 2.45) is 0 Å². The fourth-order valence-electron chi connectivity index (χ4n) is 2.17. The smallest absolute Gasteiger partial charge is 0.310 e. The minimum absolute atomic E-state index is 0.134. The predicted molar refractivity (Wildman–Crippen MR) is 89.6 cm³/mol. The van der Waals surface area contributed by atoms with Crippen LogP contribution in [0.3, 0.4) is 0 Å². The van der Waals surface area contributed by atoms with E-state index in [-0.39, 0.29) is 18.8 Å². The summed E-state index contributed by atoms with van der Waals surface area (Å²) >= 11 is 1.24. The molecular formula is C18H14FNO3S. The quantitative estimate of drug-likeness (QED) is 0.730. The minimum atomic E-state index is -0.938. The van der Waals surface area contributed by atoms with Crippen LogP contribution in [0.2, 0.25) is 0 Å². The molecule has 3 rings (SSSR count). The third kappa shape index (κ3) is 3.97. The second-order valence-electron chi connectivity index (χ2n) is 5.12. The Morgan fingerprint density at radius 2 is 2.00 bits per heavy atom. The Labute approximate surface area is 142 Å². The van der Waals surface area contributed by atoms with Crippen molar-refractivity contribution in [3.8, 4) is 17.0 Å². The van der Waals surface area contributed by atoms with Gasteiger partial charge in [0.15, 0.2) is 11.6 Å². The molecule has 122 valence electrons. The molecule has 0 amide bonds. The van der Waals surface area contributed by atoms with Crippen molar-refractivity contribution < 1.29 is 19.0 Å². The van der Waals surface area contributed by atoms with Gasteiger partial charge in [0.1, 0.15) is 11.6 Å². The van der Waals surface area contributed by atoms with Gasteiger partial charge < -0.3 is 9.84 Å². The summed E-state index contributed by atoms with van der Waals surface area (Å²) in [6.07, 6.45) is -0.134. The van der Waals surface area contributed by atoms with Gasteiger partial charge in [-0.15, -0.1) is 11.3 Å². The molecule has 4 nitrogen and oxygen atoms in total. The Balaban J connectivity index is 1.72. The Hall–Kier alpha value is -2.73. The first-order chi connectivity index (χ1) is 11.6. The summed E-state index contributed by atoms with van der Waals surface area (Å²) in [5, 5.41) is 11.0. The normalized spacial score (nSPS) is 10.5. The van der Waals surface area contributed by atoms with E-state index >= 15 is 0 Å². The number of hydrogen-bond donors (Lipinski definition) is 1. The first kappa shape index (κ1) is 16.1. The second-order valence-corrected chi connectivity index (χ2v) is 6.06. The fraction of sp³-hybridized carbons (Fsp3) is 0.111. The zero-order chi connectivity index (χ0) is 16.9. The van der Waals surface area contributed by atoms with Crippen molar-refractivity contribution in [3.05, 3.63) is 70.3 Å². The van der Waals surface area contributed by atoms with Crippen LogP contribution in [0.25, 0.3) is 11.3 Å². The van der Waals surface area contributed by atoms with Gasteiger partial charge in [-0.25, -0.2) is 9.37 Å². The lowest BCUT2D eigenvalue weighted by atomic mass is 10.1. The van der Waals surface area contributed by atoms with E-state index in [4.69, 9.17) is 9.84 Å². The lowest BCUT2D eigenvalue weighted by Gasteiger charge is -2.08. The molecule has 3 aromatic rings. The number of hydrogen-bond acceptors (Lipinski definition) is 4. The van der Waals surface area contributed by atoms with Crippen molar-refractivity contribution in [2.45, 2.75) is 13.0 Å². The largest absolute Gasteiger partial charge is 0.486 e. The number of thiazole rings is 1. The lowest BCUT2D eigenvalue weighted by Crippen LogP contribution is -1.99. The average molecular weight is 343 g/mol. The Morgan fingerprint density at radius 1 is 1.21 bits per heavy atom. The van der Waals surface area contributed by atoms with Gasteiger partial charge in [-0.2, -0.15) is 0 Å². The summed E-state index contributed by atoms with van der Waals surface area (Å²) in [6.45, 7) is 0.288. The molecule has 0 saturated carbocycles. The molecule has 6 heteroatoms. The molecule has 0 aliphatic heterocycles. The van der Waals surface area contributed by atoms with E-state index in [0.717, 1.165) is 5.56 Å². The number of aromatic nitrogens is 1. The van der Waals surface area contributed by atoms with Crippen molar-refractivity contribution in [2.75, 3.05) is 0 Å². The number of ether oxygens (including phenoxy) is 1. The van der Waals surface area contributed by atoms with Gasteiger partial charge in [0.2, 0.25) is 0 Å². The number of halogens is 1. The maximum Gasteiger partial charge on any atom is 0.310 e. The molecule has 0 radical (unpaired) electrons. The second kappa shape index (κ2) is 7.23. The average Bonchev–Trinajstić information content (AvgIpc) is 3.02. The number of carbonyl (C=O) groups is 1. The number of nitrogens with zero attached hydrogens (tertiary/aromatic N) is 1. The van der Waals surface area contributed by atoms with E-state index in [1.807, 2.05) is 30.3 Å². The van der Waals surface area contributed by atoms with Gasteiger partial charge in [-0.3, -0.25) is 4.79 Å². The summed E-state index contributed by atoms with van der Waals surface area (Å²) in [5.41, 5.74) is 2.11. The summed E-state index contributed by atoms with van der Waals surface area (Å²) in [5.74, 6) is -1.24. The molecular weight excluding hydrogens is 329 g/mol. The number of benzene rings is 2. The van der Waals surface area contributed by atoms with Gasteiger partial charge >= 0.3 is 5.97 Å². The maximum atomic E-state index is 14.2. The van der Waals surface area contributed by atoms with Crippen molar-refractivity contribution >= 4 is 17.3 Å². The van der Waals surface area contributed by atoms with Gasteiger partial charge in [0.05, 0.1) is 12.1 Å². The van der Waals surface area contributed by atoms with Crippen LogP contribution in [0.4, 0.5) is 4.39 Å². The van der Waals surface area contributed by atoms with Gasteiger partial charge in [-0.1, -0.05) is 30.3 Å². The highest BCUT2D eigenvalue weighted by Crippen LogP contribution is 2.27. The minimum Gasteiger partial charge on any atom is -0.486 e. The number of rotatable bonds is 6. The fourth-order valence-corrected chi connectivity index (χ4v) is 2.96. The van der Waals surface area contributed by atoms with Crippen LogP contribution in [0, 0.1) is 5.82 Å². The Kier molecular flexibility index (Phi) is 4.86. The molecule has 0 spiro atoms. The van der Waals surface area contributed by atoms with Crippen molar-refractivity contribution in [3.63, 3.8) is 0 Å². The first-order valence-corrected chi connectivity index (χ1v) is 8.12. The van der Waals surface area contributed by atoms with Crippen LogP contribution in [-0.2, 0) is 17.8 Å². The van der Waals surface area contributed by atoms with E-state index in [1.165, 1.54) is 17.4 Å². The van der Waals surface area contributed by atoms with E-state index < -0.39 is 11.8 Å². The molecule has 0 atom stereocenters. The van der Waals surface area contributed by atoms with Crippen LogP contribution in [0.15, 0.2) is 53.9 Å². The first-order valence-electron chi connectivity index (χ1n) is 7.24. The molecule has 0 aliphatic rings. The molecule has 0 fully saturated rings. The SMILES string of the molecule is O=C(O)Cc1nc(-c2ccc(OCc3ccccc3)c(F)c2)cs1. The lowest BCUT2D eigenvalue weighted by molar-refractivity contribution is -0.136. The highest BCUT2D eigenvalue weighted by Gasteiger charge is 2.11. The summed E-state index contributed by atoms with van der Waals surface area (Å²) in [7, 11) is 0. The van der Waals surface area contributed by atoms with Crippen LogP contribution in [-0.4, -0.2) is 16.1 Å². The topological polar surface area (TPSA) is 59.4 Å². The van der Waals surface area contributed by atoms with E-state index in [0.29, 0.717) is 16.3 Å². The molecule has 1 aromatic heterocycles. The summed E-state index contributed by atoms with van der Waals surface area (Å²) in [4.78, 5) is 14.9. The summed E-state index contributed by atoms with van der Waals surface area (Å²) in [6, 6.07) is 14.1. The molecule has 1 N–H and O–H groups in total. The van der Waals surface area contributed by atoms with Crippen LogP contribution in [0.5, 0.6) is 5.75 Å². The van der Waals surface area contributed by atoms with Gasteiger partial charge in [-0.05, 0) is 23.8 Å². The molecule has 0 bridgehead atoms. The summed E-state index contributed by atoms with van der Waals surface area (Å²) < 4.78 is 19.7. The van der Waals surface area contributed by atoms with E-state index in [2.05, 4.69) is 4.98 Å². The van der Waals surface area contributed by atoms with Gasteiger partial charge in [0.25, 0.3) is 0 Å². The molecule has 24 heavy (non-hydrogen) atoms. The zero-order valence-corrected chi connectivity index (χ0v) is 13.4. The third-order valence-corrected chi connectivity index (χ3v) is 4.17.